The minimum absolute atomic E-state index is 0. The third kappa shape index (κ3) is 13.5. The van der Waals surface area contributed by atoms with Gasteiger partial charge in [-0.05, 0) is 0 Å². The van der Waals surface area contributed by atoms with Gasteiger partial charge in [-0.25, -0.2) is 0 Å². The molecule has 0 aliphatic heterocycles. The second-order valence-corrected chi connectivity index (χ2v) is 3.89. The number of carboxylic acid groups (broad SMARTS) is 4. The number of hydrogen-bond acceptors (Lipinski definition) is 6. The van der Waals surface area contributed by atoms with Crippen molar-refractivity contribution < 1.29 is 39.6 Å². The van der Waals surface area contributed by atoms with Crippen LogP contribution in [-0.4, -0.2) is 129 Å². The summed E-state index contributed by atoms with van der Waals surface area (Å²) < 4.78 is 0. The van der Waals surface area contributed by atoms with Crippen LogP contribution in [0.25, 0.3) is 0 Å². The Hall–Kier alpha value is -0.200. The predicted molar refractivity (Wildman–Crippen MR) is 74.9 cm³/mol. The molecule has 12 heteroatoms. The minimum atomic E-state index is -1.34. The first kappa shape index (κ1) is 26.7. The molecule has 2 atom stereocenters. The predicted octanol–water partition coefficient (Wildman–Crippen LogP) is -2.74. The number of rotatable bonds is 11. The van der Waals surface area contributed by atoms with E-state index in [-0.39, 0.29) is 72.2 Å². The van der Waals surface area contributed by atoms with Crippen molar-refractivity contribution in [1.82, 2.24) is 10.6 Å². The average molecular weight is 338 g/mol. The molecule has 0 bridgehead atoms. The van der Waals surface area contributed by atoms with Gasteiger partial charge in [0.25, 0.3) is 0 Å². The first-order valence-corrected chi connectivity index (χ1v) is 5.60. The van der Waals surface area contributed by atoms with Crippen molar-refractivity contribution in [3.05, 3.63) is 0 Å². The molecule has 0 spiro atoms. The van der Waals surface area contributed by atoms with E-state index in [0.717, 1.165) is 0 Å². The number of carboxylic acids is 4. The Morgan fingerprint density at radius 1 is 0.682 bits per heavy atom. The van der Waals surface area contributed by atoms with E-state index in [0.29, 0.717) is 0 Å². The SMILES string of the molecule is O=C(O)CC(NCCNC(CC(=O)O)C(=O)O)C(=O)O.[Na].[Na]. The Morgan fingerprint density at radius 2 is 0.955 bits per heavy atom. The molecular formula is C10H16N2Na2O8. The van der Waals surface area contributed by atoms with Gasteiger partial charge in [0.2, 0.25) is 0 Å². The van der Waals surface area contributed by atoms with Crippen LogP contribution in [0.5, 0.6) is 0 Å². The van der Waals surface area contributed by atoms with Crippen molar-refractivity contribution in [1.29, 1.82) is 0 Å². The third-order valence-electron chi connectivity index (χ3n) is 2.26. The average Bonchev–Trinajstić information content (AvgIpc) is 2.29. The summed E-state index contributed by atoms with van der Waals surface area (Å²) in [6.45, 7) is -0.0404. The van der Waals surface area contributed by atoms with Gasteiger partial charge in [-0.1, -0.05) is 0 Å². The van der Waals surface area contributed by atoms with Gasteiger partial charge in [0.1, 0.15) is 12.1 Å². The smallest absolute Gasteiger partial charge is 0.321 e. The zero-order valence-corrected chi connectivity index (χ0v) is 16.4. The monoisotopic (exact) mass is 338 g/mol. The number of nitrogens with one attached hydrogen (secondary N) is 2. The fourth-order valence-electron chi connectivity index (χ4n) is 1.34. The first-order chi connectivity index (χ1) is 9.23. The van der Waals surface area contributed by atoms with Crippen LogP contribution in [0.3, 0.4) is 0 Å². The Morgan fingerprint density at radius 3 is 1.14 bits per heavy atom. The summed E-state index contributed by atoms with van der Waals surface area (Å²) in [4.78, 5) is 42.2. The number of aliphatic carboxylic acids is 4. The van der Waals surface area contributed by atoms with Crippen molar-refractivity contribution in [3.8, 4) is 0 Å². The Bertz CT molecular complexity index is 357. The molecule has 0 aromatic rings. The zero-order valence-electron chi connectivity index (χ0n) is 12.4. The second kappa shape index (κ2) is 14.4. The van der Waals surface area contributed by atoms with Gasteiger partial charge in [-0.15, -0.1) is 0 Å². The van der Waals surface area contributed by atoms with Gasteiger partial charge in [-0.2, -0.15) is 0 Å². The molecule has 0 aliphatic carbocycles. The molecule has 0 aromatic heterocycles. The van der Waals surface area contributed by atoms with E-state index < -0.39 is 48.8 Å². The van der Waals surface area contributed by atoms with Crippen molar-refractivity contribution in [2.45, 2.75) is 24.9 Å². The van der Waals surface area contributed by atoms with Crippen molar-refractivity contribution >= 4 is 83.0 Å². The summed E-state index contributed by atoms with van der Waals surface area (Å²) in [5.74, 6) is -5.25. The molecule has 116 valence electrons. The van der Waals surface area contributed by atoms with E-state index in [9.17, 15) is 19.2 Å². The molecule has 6 N–H and O–H groups in total. The Labute approximate surface area is 170 Å². The van der Waals surface area contributed by atoms with Gasteiger partial charge in [-0.3, -0.25) is 19.2 Å². The molecule has 22 heavy (non-hydrogen) atoms. The molecular weight excluding hydrogens is 322 g/mol. The van der Waals surface area contributed by atoms with Gasteiger partial charge in [0.05, 0.1) is 12.8 Å². The summed E-state index contributed by atoms with van der Waals surface area (Å²) >= 11 is 0. The Kier molecular flexibility index (Phi) is 17.5. The summed E-state index contributed by atoms with van der Waals surface area (Å²) in [6.07, 6.45) is -1.24. The topological polar surface area (TPSA) is 173 Å². The molecule has 0 rings (SSSR count). The molecule has 10 nitrogen and oxygen atoms in total. The van der Waals surface area contributed by atoms with Crippen LogP contribution in [0.1, 0.15) is 12.8 Å². The Balaban J connectivity index is -0.00000180. The summed E-state index contributed by atoms with van der Waals surface area (Å²) in [7, 11) is 0. The maximum atomic E-state index is 10.7. The maximum Gasteiger partial charge on any atom is 0.321 e. The van der Waals surface area contributed by atoms with E-state index in [1.54, 1.807) is 0 Å². The third-order valence-corrected chi connectivity index (χ3v) is 2.26. The fraction of sp³-hybridized carbons (Fsp3) is 0.600. The van der Waals surface area contributed by atoms with E-state index in [2.05, 4.69) is 10.6 Å². The van der Waals surface area contributed by atoms with Crippen LogP contribution in [0.4, 0.5) is 0 Å². The summed E-state index contributed by atoms with van der Waals surface area (Å²) in [5, 5.41) is 39.2. The van der Waals surface area contributed by atoms with E-state index in [1.807, 2.05) is 0 Å². The van der Waals surface area contributed by atoms with Gasteiger partial charge < -0.3 is 31.1 Å². The van der Waals surface area contributed by atoms with E-state index in [1.165, 1.54) is 0 Å². The van der Waals surface area contributed by atoms with Crippen LogP contribution in [-0.2, 0) is 19.2 Å². The molecule has 2 radical (unpaired) electrons. The van der Waals surface area contributed by atoms with Crippen molar-refractivity contribution in [3.63, 3.8) is 0 Å². The quantitative estimate of drug-likeness (QED) is 0.171. The van der Waals surface area contributed by atoms with Crippen LogP contribution in [0.2, 0.25) is 0 Å². The van der Waals surface area contributed by atoms with Crippen LogP contribution < -0.4 is 10.6 Å². The molecule has 0 fully saturated rings. The second-order valence-electron chi connectivity index (χ2n) is 3.89. The molecule has 0 amide bonds. The normalized spacial score (nSPS) is 12.2. The number of carbonyl (C=O) groups is 4. The molecule has 0 aromatic carbocycles. The maximum absolute atomic E-state index is 10.7. The molecule has 0 aliphatic rings. The van der Waals surface area contributed by atoms with E-state index in [4.69, 9.17) is 20.4 Å². The summed E-state index contributed by atoms with van der Waals surface area (Å²) in [6, 6.07) is -2.59. The van der Waals surface area contributed by atoms with Gasteiger partial charge in [0, 0.05) is 72.2 Å². The standard InChI is InChI=1S/C10H16N2O8.2Na/c13-7(14)3-5(9(17)18)11-1-2-12-6(10(19)20)4-8(15)16;;/h5-6,11-12H,1-4H2,(H,13,14)(H,15,16)(H,17,18)(H,19,20);;. The minimum Gasteiger partial charge on any atom is -0.481 e. The zero-order chi connectivity index (χ0) is 15.7. The molecule has 0 saturated carbocycles. The molecule has 0 saturated heterocycles. The largest absolute Gasteiger partial charge is 0.481 e. The van der Waals surface area contributed by atoms with Crippen molar-refractivity contribution in [2.75, 3.05) is 13.1 Å². The van der Waals surface area contributed by atoms with Crippen LogP contribution in [0, 0.1) is 0 Å². The fourth-order valence-corrected chi connectivity index (χ4v) is 1.34. The van der Waals surface area contributed by atoms with Crippen LogP contribution >= 0.6 is 0 Å². The van der Waals surface area contributed by atoms with Gasteiger partial charge >= 0.3 is 23.9 Å². The van der Waals surface area contributed by atoms with E-state index >= 15 is 0 Å². The molecule has 2 unspecified atom stereocenters. The first-order valence-electron chi connectivity index (χ1n) is 5.60. The number of hydrogen-bond donors (Lipinski definition) is 6. The molecule has 0 heterocycles. The van der Waals surface area contributed by atoms with Gasteiger partial charge in [0.15, 0.2) is 0 Å². The van der Waals surface area contributed by atoms with Crippen molar-refractivity contribution in [2.24, 2.45) is 0 Å². The van der Waals surface area contributed by atoms with Crippen LogP contribution in [0.15, 0.2) is 0 Å². The summed E-state index contributed by atoms with van der Waals surface area (Å²) in [5.41, 5.74) is 0.